The minimum atomic E-state index is -0.182. The zero-order chi connectivity index (χ0) is 24.9. The molecule has 1 heterocycles. The molecule has 7 heteroatoms. The summed E-state index contributed by atoms with van der Waals surface area (Å²) in [4.78, 5) is 24.3. The molecule has 1 amide bonds. The summed E-state index contributed by atoms with van der Waals surface area (Å²) in [7, 11) is 8.06. The van der Waals surface area contributed by atoms with Crippen LogP contribution in [0.15, 0.2) is 77.8 Å². The van der Waals surface area contributed by atoms with Crippen molar-refractivity contribution in [3.8, 4) is 11.1 Å². The molecule has 0 radical (unpaired) electrons. The molecule has 3 aromatic carbocycles. The van der Waals surface area contributed by atoms with Crippen molar-refractivity contribution in [2.45, 2.75) is 12.5 Å². The van der Waals surface area contributed by atoms with E-state index in [1.54, 1.807) is 0 Å². The van der Waals surface area contributed by atoms with Crippen molar-refractivity contribution in [3.63, 3.8) is 0 Å². The highest BCUT2D eigenvalue weighted by Crippen LogP contribution is 2.28. The smallest absolute Gasteiger partial charge is 0.255 e. The Labute approximate surface area is 207 Å². The van der Waals surface area contributed by atoms with Gasteiger partial charge < -0.3 is 25.8 Å². The fraction of sp³-hybridized carbons (Fsp3) is 0.286. The molecule has 1 unspecified atom stereocenters. The molecule has 0 spiro atoms. The Morgan fingerprint density at radius 2 is 1.63 bits per heavy atom. The lowest BCUT2D eigenvalue weighted by atomic mass is 10.0. The van der Waals surface area contributed by atoms with E-state index in [-0.39, 0.29) is 11.9 Å². The lowest BCUT2D eigenvalue weighted by Gasteiger charge is -2.24. The number of carbonyl (C=O) groups is 1. The summed E-state index contributed by atoms with van der Waals surface area (Å²) in [6.45, 7) is 1.80. The molecule has 3 aromatic rings. The molecule has 0 aromatic heterocycles. The first-order chi connectivity index (χ1) is 16.8. The monoisotopic (exact) mass is 470 g/mol. The first-order valence-electron chi connectivity index (χ1n) is 11.9. The molecule has 0 aliphatic carbocycles. The second-order valence-corrected chi connectivity index (χ2v) is 9.28. The highest BCUT2D eigenvalue weighted by Gasteiger charge is 2.24. The van der Waals surface area contributed by atoms with Crippen LogP contribution in [0.2, 0.25) is 0 Å². The summed E-state index contributed by atoms with van der Waals surface area (Å²) < 4.78 is 0. The van der Waals surface area contributed by atoms with E-state index in [2.05, 4.69) is 10.2 Å². The normalized spacial score (nSPS) is 15.0. The van der Waals surface area contributed by atoms with Gasteiger partial charge in [-0.25, -0.2) is 4.99 Å². The minimum absolute atomic E-state index is 0.182. The van der Waals surface area contributed by atoms with Crippen molar-refractivity contribution in [1.29, 1.82) is 0 Å². The molecule has 1 aliphatic rings. The molecule has 1 fully saturated rings. The summed E-state index contributed by atoms with van der Waals surface area (Å²) in [6, 6.07) is 23.7. The second kappa shape index (κ2) is 10.5. The van der Waals surface area contributed by atoms with Crippen molar-refractivity contribution in [2.24, 2.45) is 4.99 Å². The van der Waals surface area contributed by atoms with E-state index in [9.17, 15) is 4.79 Å². The molecule has 7 nitrogen and oxygen atoms in total. The van der Waals surface area contributed by atoms with E-state index in [0.29, 0.717) is 16.9 Å². The Kier molecular flexibility index (Phi) is 7.25. The average Bonchev–Trinajstić information content (AvgIpc) is 3.33. The number of hydrogen-bond acceptors (Lipinski definition) is 4. The Balaban J connectivity index is 1.43. The van der Waals surface area contributed by atoms with Gasteiger partial charge in [0.15, 0.2) is 5.96 Å². The number of nitrogens with two attached hydrogens (primary N) is 1. The molecule has 182 valence electrons. The largest absolute Gasteiger partial charge is 0.397 e. The van der Waals surface area contributed by atoms with E-state index in [1.165, 1.54) is 0 Å². The van der Waals surface area contributed by atoms with Crippen LogP contribution in [-0.2, 0) is 0 Å². The Hall–Kier alpha value is -4.00. The van der Waals surface area contributed by atoms with Crippen LogP contribution in [-0.4, -0.2) is 69.0 Å². The summed E-state index contributed by atoms with van der Waals surface area (Å²) >= 11 is 0. The van der Waals surface area contributed by atoms with Crippen molar-refractivity contribution in [3.05, 3.63) is 78.4 Å². The number of amides is 1. The van der Waals surface area contributed by atoms with E-state index in [1.807, 2.05) is 111 Å². The van der Waals surface area contributed by atoms with Gasteiger partial charge in [0.1, 0.15) is 0 Å². The number of carbonyl (C=O) groups excluding carboxylic acids is 1. The Morgan fingerprint density at radius 1 is 0.943 bits per heavy atom. The molecule has 4 rings (SSSR count). The van der Waals surface area contributed by atoms with Gasteiger partial charge in [0, 0.05) is 52.5 Å². The van der Waals surface area contributed by atoms with Crippen LogP contribution in [0.1, 0.15) is 16.8 Å². The van der Waals surface area contributed by atoms with Gasteiger partial charge in [-0.1, -0.05) is 36.4 Å². The van der Waals surface area contributed by atoms with Gasteiger partial charge in [-0.05, 0) is 53.9 Å². The van der Waals surface area contributed by atoms with Gasteiger partial charge in [-0.2, -0.15) is 0 Å². The van der Waals surface area contributed by atoms with Crippen LogP contribution in [0.4, 0.5) is 17.1 Å². The molecule has 0 bridgehead atoms. The zero-order valence-corrected chi connectivity index (χ0v) is 20.9. The van der Waals surface area contributed by atoms with Gasteiger partial charge in [0.25, 0.3) is 5.91 Å². The molecule has 0 saturated carbocycles. The van der Waals surface area contributed by atoms with Crippen LogP contribution in [0.25, 0.3) is 11.1 Å². The summed E-state index contributed by atoms with van der Waals surface area (Å²) in [6.07, 6.45) is 1.00. The van der Waals surface area contributed by atoms with E-state index in [0.717, 1.165) is 42.3 Å². The Bertz CT molecular complexity index is 1180. The lowest BCUT2D eigenvalue weighted by molar-refractivity contribution is 0.102. The molecular weight excluding hydrogens is 436 g/mol. The summed E-state index contributed by atoms with van der Waals surface area (Å²) in [5, 5.41) is 2.97. The third-order valence-corrected chi connectivity index (χ3v) is 6.16. The fourth-order valence-corrected chi connectivity index (χ4v) is 4.37. The number of benzene rings is 3. The maximum absolute atomic E-state index is 12.9. The first kappa shape index (κ1) is 24.1. The molecule has 3 N–H and O–H groups in total. The maximum Gasteiger partial charge on any atom is 0.255 e. The van der Waals surface area contributed by atoms with Gasteiger partial charge >= 0.3 is 0 Å². The molecule has 1 aliphatic heterocycles. The number of nitrogen functional groups attached to an aromatic ring is 1. The fourth-order valence-electron chi connectivity index (χ4n) is 4.37. The minimum Gasteiger partial charge on any atom is -0.397 e. The van der Waals surface area contributed by atoms with Crippen LogP contribution < -0.4 is 16.0 Å². The van der Waals surface area contributed by atoms with Gasteiger partial charge in [-0.3, -0.25) is 4.79 Å². The van der Waals surface area contributed by atoms with Crippen molar-refractivity contribution >= 4 is 28.9 Å². The van der Waals surface area contributed by atoms with Crippen LogP contribution in [0, 0.1) is 0 Å². The van der Waals surface area contributed by atoms with E-state index >= 15 is 0 Å². The van der Waals surface area contributed by atoms with Crippen molar-refractivity contribution < 1.29 is 4.79 Å². The van der Waals surface area contributed by atoms with E-state index in [4.69, 9.17) is 10.7 Å². The van der Waals surface area contributed by atoms with Crippen LogP contribution in [0.5, 0.6) is 0 Å². The topological polar surface area (TPSA) is 77.2 Å². The first-order valence-corrected chi connectivity index (χ1v) is 11.9. The van der Waals surface area contributed by atoms with Crippen molar-refractivity contribution in [2.75, 3.05) is 57.2 Å². The van der Waals surface area contributed by atoms with Gasteiger partial charge in [-0.15, -0.1) is 0 Å². The predicted molar refractivity (Wildman–Crippen MR) is 146 cm³/mol. The zero-order valence-electron chi connectivity index (χ0n) is 20.9. The SMILES string of the molecule is CN(C)C(=NC1CCN(c2ccc(C(=O)Nc3cc(-c4ccccc4)ccc3N)cc2)C1)N(C)C. The molecular formula is C28H34N6O. The highest BCUT2D eigenvalue weighted by molar-refractivity contribution is 6.06. The Morgan fingerprint density at radius 3 is 2.29 bits per heavy atom. The number of nitrogens with one attached hydrogen (secondary N) is 1. The van der Waals surface area contributed by atoms with Gasteiger partial charge in [0.2, 0.25) is 0 Å². The third-order valence-electron chi connectivity index (χ3n) is 6.16. The number of guanidine groups is 1. The summed E-state index contributed by atoms with van der Waals surface area (Å²) in [5.41, 5.74) is 11.1. The van der Waals surface area contributed by atoms with E-state index < -0.39 is 0 Å². The number of anilines is 3. The quantitative estimate of drug-likeness (QED) is 0.331. The maximum atomic E-state index is 12.9. The number of hydrogen-bond donors (Lipinski definition) is 2. The predicted octanol–water partition coefficient (Wildman–Crippen LogP) is 4.25. The third kappa shape index (κ3) is 5.74. The van der Waals surface area contributed by atoms with Crippen molar-refractivity contribution in [1.82, 2.24) is 9.80 Å². The highest BCUT2D eigenvalue weighted by atomic mass is 16.1. The van der Waals surface area contributed by atoms with Crippen LogP contribution >= 0.6 is 0 Å². The molecule has 1 atom stereocenters. The second-order valence-electron chi connectivity index (χ2n) is 9.28. The van der Waals surface area contributed by atoms with Gasteiger partial charge in [0.05, 0.1) is 17.4 Å². The lowest BCUT2D eigenvalue weighted by Crippen LogP contribution is -2.37. The average molecular weight is 471 g/mol. The number of aliphatic imine (C=N–C) groups is 1. The number of rotatable bonds is 5. The number of nitrogens with zero attached hydrogens (tertiary/aromatic N) is 4. The van der Waals surface area contributed by atoms with Crippen LogP contribution in [0.3, 0.4) is 0 Å². The molecule has 1 saturated heterocycles. The molecule has 35 heavy (non-hydrogen) atoms. The standard InChI is InChI=1S/C28H34N6O/c1-32(2)28(33(3)4)30-23-16-17-34(19-23)24-13-10-21(11-14-24)27(35)31-26-18-22(12-15-25(26)29)20-8-6-5-7-9-20/h5-15,18,23H,16-17,19,29H2,1-4H3,(H,31,35). The summed E-state index contributed by atoms with van der Waals surface area (Å²) in [5.74, 6) is 0.790.